The second-order valence-corrected chi connectivity index (χ2v) is 12.7. The Hall–Kier alpha value is -0.630. The van der Waals surface area contributed by atoms with Crippen LogP contribution in [-0.4, -0.2) is 34.5 Å². The smallest absolute Gasteiger partial charge is 0.0805 e. The number of aliphatic hydroxyl groups is 2. The average Bonchev–Trinajstić information content (AvgIpc) is 3.13. The standard InChI is InChI=1S/C26H45NO2.C2H3N/c1-24-13-11-18(28)16-17(24)7-8-19-20-9-10-22(25(20,2)14-12-21(19)24)26(3,29)23-6-4-5-15-27-23;1-2-3/h17-23,27-29H,4-16H2,1-3H3;1H3/t17-,18-,19-,20-,21-,22-,23-,24-,25-,26+;/m0./s1. The van der Waals surface area contributed by atoms with Crippen LogP contribution in [0.1, 0.15) is 105 Å². The molecule has 1 aliphatic heterocycles. The first kappa shape index (κ1) is 24.5. The molecule has 0 unspecified atom stereocenters. The van der Waals surface area contributed by atoms with Gasteiger partial charge in [0.25, 0.3) is 0 Å². The summed E-state index contributed by atoms with van der Waals surface area (Å²) in [6.45, 7) is 9.81. The van der Waals surface area contributed by atoms with Gasteiger partial charge in [0, 0.05) is 13.0 Å². The molecular formula is C28H48N2O2. The molecule has 0 aromatic heterocycles. The van der Waals surface area contributed by atoms with Gasteiger partial charge in [0.15, 0.2) is 0 Å². The second-order valence-electron chi connectivity index (χ2n) is 12.7. The van der Waals surface area contributed by atoms with Crippen LogP contribution >= 0.6 is 0 Å². The van der Waals surface area contributed by atoms with E-state index in [9.17, 15) is 10.2 Å². The summed E-state index contributed by atoms with van der Waals surface area (Å²) in [4.78, 5) is 0. The highest BCUT2D eigenvalue weighted by Gasteiger charge is 2.63. The topological polar surface area (TPSA) is 76.3 Å². The number of aliphatic hydroxyl groups excluding tert-OH is 1. The summed E-state index contributed by atoms with van der Waals surface area (Å²) >= 11 is 0. The minimum absolute atomic E-state index is 0.0487. The molecule has 0 amide bonds. The summed E-state index contributed by atoms with van der Waals surface area (Å²) in [5.41, 5.74) is 0.184. The molecule has 5 fully saturated rings. The number of hydrogen-bond acceptors (Lipinski definition) is 4. The van der Waals surface area contributed by atoms with Gasteiger partial charge in [-0.2, -0.15) is 5.26 Å². The normalized spacial score (nSPS) is 49.8. The highest BCUT2D eigenvalue weighted by molar-refractivity contribution is 5.13. The fourth-order valence-electron chi connectivity index (χ4n) is 9.79. The molecule has 3 N–H and O–H groups in total. The third-order valence-electron chi connectivity index (χ3n) is 11.4. The molecule has 4 aliphatic carbocycles. The van der Waals surface area contributed by atoms with Gasteiger partial charge in [-0.25, -0.2) is 0 Å². The Kier molecular flexibility index (Phi) is 7.04. The van der Waals surface area contributed by atoms with E-state index in [1.54, 1.807) is 6.07 Å². The van der Waals surface area contributed by atoms with E-state index in [1.165, 1.54) is 64.7 Å². The Labute approximate surface area is 196 Å². The lowest BCUT2D eigenvalue weighted by atomic mass is 9.44. The van der Waals surface area contributed by atoms with Crippen LogP contribution in [0.4, 0.5) is 0 Å². The average molecular weight is 445 g/mol. The van der Waals surface area contributed by atoms with Gasteiger partial charge in [-0.1, -0.05) is 20.3 Å². The lowest BCUT2D eigenvalue weighted by Crippen LogP contribution is -2.60. The zero-order valence-electron chi connectivity index (χ0n) is 21.1. The highest BCUT2D eigenvalue weighted by Crippen LogP contribution is 2.68. The van der Waals surface area contributed by atoms with E-state index in [1.807, 2.05) is 0 Å². The zero-order chi connectivity index (χ0) is 23.1. The van der Waals surface area contributed by atoms with Crippen LogP contribution < -0.4 is 5.32 Å². The van der Waals surface area contributed by atoms with Gasteiger partial charge in [-0.05, 0) is 125 Å². The van der Waals surface area contributed by atoms with Crippen LogP contribution in [0, 0.1) is 51.8 Å². The van der Waals surface area contributed by atoms with Crippen LogP contribution in [0.25, 0.3) is 0 Å². The molecule has 5 aliphatic rings. The van der Waals surface area contributed by atoms with Crippen LogP contribution in [0.15, 0.2) is 0 Å². The zero-order valence-corrected chi connectivity index (χ0v) is 21.1. The molecule has 4 saturated carbocycles. The minimum atomic E-state index is -0.577. The maximum atomic E-state index is 11.8. The van der Waals surface area contributed by atoms with E-state index in [-0.39, 0.29) is 12.1 Å². The van der Waals surface area contributed by atoms with Gasteiger partial charge < -0.3 is 15.5 Å². The Morgan fingerprint density at radius 1 is 0.938 bits per heavy atom. The van der Waals surface area contributed by atoms with Crippen molar-refractivity contribution in [2.75, 3.05) is 6.54 Å². The Morgan fingerprint density at radius 3 is 2.31 bits per heavy atom. The van der Waals surface area contributed by atoms with Crippen LogP contribution in [0.2, 0.25) is 0 Å². The van der Waals surface area contributed by atoms with Gasteiger partial charge >= 0.3 is 0 Å². The number of nitrogens with one attached hydrogen (secondary N) is 1. The van der Waals surface area contributed by atoms with Crippen LogP contribution in [0.3, 0.4) is 0 Å². The number of hydrogen-bond donors (Lipinski definition) is 3. The molecule has 5 rings (SSSR count). The molecule has 1 saturated heterocycles. The maximum absolute atomic E-state index is 11.8. The maximum Gasteiger partial charge on any atom is 0.0805 e. The number of fused-ring (bicyclic) bond motifs is 5. The third kappa shape index (κ3) is 3.95. The molecule has 4 nitrogen and oxygen atoms in total. The van der Waals surface area contributed by atoms with E-state index >= 15 is 0 Å². The molecule has 10 atom stereocenters. The third-order valence-corrected chi connectivity index (χ3v) is 11.4. The summed E-state index contributed by atoms with van der Waals surface area (Å²) in [6.07, 6.45) is 14.8. The van der Waals surface area contributed by atoms with E-state index < -0.39 is 5.60 Å². The first-order chi connectivity index (χ1) is 15.2. The summed E-state index contributed by atoms with van der Waals surface area (Å²) in [5.74, 6) is 3.68. The summed E-state index contributed by atoms with van der Waals surface area (Å²) in [5, 5.41) is 33.1. The molecule has 0 bridgehead atoms. The Balaban J connectivity index is 0.000000775. The number of nitriles is 1. The van der Waals surface area contributed by atoms with E-state index in [0.717, 1.165) is 49.5 Å². The van der Waals surface area contributed by atoms with Gasteiger partial charge in [-0.15, -0.1) is 0 Å². The molecule has 1 heterocycles. The summed E-state index contributed by atoms with van der Waals surface area (Å²) in [7, 11) is 0. The number of piperidine rings is 1. The SMILES string of the molecule is CC#N.C[C@](O)([C@@H]1CCCCN1)[C@H]1CC[C@H]2[C@@H]3CC[C@H]4C[C@@H](O)CC[C@]4(C)[C@H]3CC[C@]12C. The number of rotatable bonds is 2. The van der Waals surface area contributed by atoms with Gasteiger partial charge in [0.1, 0.15) is 0 Å². The highest BCUT2D eigenvalue weighted by atomic mass is 16.3. The van der Waals surface area contributed by atoms with Crippen molar-refractivity contribution < 1.29 is 10.2 Å². The molecule has 4 heteroatoms. The Morgan fingerprint density at radius 2 is 1.62 bits per heavy atom. The molecule has 0 aromatic rings. The molecule has 32 heavy (non-hydrogen) atoms. The molecule has 0 spiro atoms. The predicted octanol–water partition coefficient (Wildman–Crippen LogP) is 5.43. The van der Waals surface area contributed by atoms with Crippen molar-refractivity contribution in [1.29, 1.82) is 5.26 Å². The fourth-order valence-corrected chi connectivity index (χ4v) is 9.79. The van der Waals surface area contributed by atoms with Crippen LogP contribution in [0.5, 0.6) is 0 Å². The number of nitrogens with zero attached hydrogens (tertiary/aromatic N) is 1. The van der Waals surface area contributed by atoms with Crippen molar-refractivity contribution in [2.45, 2.75) is 122 Å². The lowest BCUT2D eigenvalue weighted by molar-refractivity contribution is -0.149. The summed E-state index contributed by atoms with van der Waals surface area (Å²) < 4.78 is 0. The predicted molar refractivity (Wildman–Crippen MR) is 129 cm³/mol. The molecule has 182 valence electrons. The van der Waals surface area contributed by atoms with Crippen molar-refractivity contribution in [3.8, 4) is 6.07 Å². The quantitative estimate of drug-likeness (QED) is 0.531. The molecule has 0 radical (unpaired) electrons. The summed E-state index contributed by atoms with van der Waals surface area (Å²) in [6, 6.07) is 2.03. The molecular weight excluding hydrogens is 396 g/mol. The van der Waals surface area contributed by atoms with Crippen LogP contribution in [-0.2, 0) is 0 Å². The van der Waals surface area contributed by atoms with E-state index in [2.05, 4.69) is 26.1 Å². The van der Waals surface area contributed by atoms with Gasteiger partial charge in [-0.3, -0.25) is 0 Å². The molecule has 0 aromatic carbocycles. The monoisotopic (exact) mass is 444 g/mol. The lowest BCUT2D eigenvalue weighted by Gasteiger charge is -2.61. The first-order valence-corrected chi connectivity index (χ1v) is 13.6. The van der Waals surface area contributed by atoms with Crippen molar-refractivity contribution >= 4 is 0 Å². The fraction of sp³-hybridized carbons (Fsp3) is 0.964. The van der Waals surface area contributed by atoms with Crippen molar-refractivity contribution in [1.82, 2.24) is 5.32 Å². The van der Waals surface area contributed by atoms with E-state index in [4.69, 9.17) is 5.26 Å². The van der Waals surface area contributed by atoms with Crippen molar-refractivity contribution in [3.05, 3.63) is 0 Å². The largest absolute Gasteiger partial charge is 0.393 e. The van der Waals surface area contributed by atoms with E-state index in [0.29, 0.717) is 16.7 Å². The second kappa shape index (κ2) is 9.20. The first-order valence-electron chi connectivity index (χ1n) is 13.6. The Bertz CT molecular complexity index is 696. The minimum Gasteiger partial charge on any atom is -0.393 e. The van der Waals surface area contributed by atoms with Gasteiger partial charge in [0.05, 0.1) is 17.8 Å². The van der Waals surface area contributed by atoms with Crippen molar-refractivity contribution in [3.63, 3.8) is 0 Å². The van der Waals surface area contributed by atoms with Gasteiger partial charge in [0.2, 0.25) is 0 Å². The van der Waals surface area contributed by atoms with Crippen molar-refractivity contribution in [2.24, 2.45) is 40.4 Å².